The van der Waals surface area contributed by atoms with E-state index in [1.54, 1.807) is 25.7 Å². The highest BCUT2D eigenvalue weighted by atomic mass is 19.1. The van der Waals surface area contributed by atoms with Crippen molar-refractivity contribution in [3.05, 3.63) is 65.7 Å². The van der Waals surface area contributed by atoms with E-state index < -0.39 is 12.1 Å². The van der Waals surface area contributed by atoms with Gasteiger partial charge in [0.05, 0.1) is 43.3 Å². The number of anilines is 3. The zero-order chi connectivity index (χ0) is 27.0. The van der Waals surface area contributed by atoms with Crippen LogP contribution in [0.1, 0.15) is 30.2 Å². The van der Waals surface area contributed by atoms with E-state index >= 15 is 0 Å². The molecule has 3 heterocycles. The Hall–Kier alpha value is -4.52. The molecule has 1 aliphatic rings. The van der Waals surface area contributed by atoms with E-state index in [-0.39, 0.29) is 18.9 Å². The lowest BCUT2D eigenvalue weighted by Crippen LogP contribution is -2.33. The van der Waals surface area contributed by atoms with Gasteiger partial charge in [0.25, 0.3) is 0 Å². The van der Waals surface area contributed by atoms with Crippen LogP contribution in [0.15, 0.2) is 48.9 Å². The summed E-state index contributed by atoms with van der Waals surface area (Å²) in [5.41, 5.74) is 4.26. The summed E-state index contributed by atoms with van der Waals surface area (Å²) >= 11 is 0. The Morgan fingerprint density at radius 2 is 2.00 bits per heavy atom. The van der Waals surface area contributed by atoms with Crippen LogP contribution in [0.4, 0.5) is 21.7 Å². The van der Waals surface area contributed by atoms with Gasteiger partial charge in [0.2, 0.25) is 5.91 Å². The molecular weight excluding hydrogens is 485 g/mol. The number of aromatic nitrogens is 4. The number of carbonyl (C=O) groups is 1. The minimum atomic E-state index is -1.15. The van der Waals surface area contributed by atoms with Gasteiger partial charge in [-0.15, -0.1) is 0 Å². The third kappa shape index (κ3) is 4.63. The molecule has 38 heavy (non-hydrogen) atoms. The van der Waals surface area contributed by atoms with Crippen molar-refractivity contribution < 1.29 is 13.9 Å². The van der Waals surface area contributed by atoms with Crippen LogP contribution >= 0.6 is 0 Å². The number of hydrogen-bond donors (Lipinski definition) is 0. The molecule has 1 amide bonds. The predicted octanol–water partition coefficient (Wildman–Crippen LogP) is 4.47. The number of hydrogen-bond acceptors (Lipinski definition) is 7. The third-order valence-corrected chi connectivity index (χ3v) is 6.90. The summed E-state index contributed by atoms with van der Waals surface area (Å²) < 4.78 is 21.2. The Labute approximate surface area is 220 Å². The summed E-state index contributed by atoms with van der Waals surface area (Å²) in [4.78, 5) is 30.7. The van der Waals surface area contributed by atoms with Crippen molar-refractivity contribution >= 4 is 34.3 Å². The first kappa shape index (κ1) is 25.1. The number of aryl methyl sites for hydroxylation is 2. The Balaban J connectivity index is 1.63. The molecule has 10 heteroatoms. The van der Waals surface area contributed by atoms with Crippen molar-refractivity contribution in [1.82, 2.24) is 19.5 Å². The molecule has 0 spiro atoms. The van der Waals surface area contributed by atoms with Crippen LogP contribution in [0, 0.1) is 17.2 Å². The number of rotatable bonds is 8. The van der Waals surface area contributed by atoms with E-state index in [2.05, 4.69) is 16.0 Å². The minimum Gasteiger partial charge on any atom is -0.497 e. The Kier molecular flexibility index (Phi) is 6.68. The lowest BCUT2D eigenvalue weighted by atomic mass is 10.1. The maximum Gasteiger partial charge on any atom is 0.234 e. The number of halogens is 1. The van der Waals surface area contributed by atoms with Crippen molar-refractivity contribution in [3.63, 3.8) is 0 Å². The molecular formula is C28H28FN7O2. The Morgan fingerprint density at radius 3 is 2.63 bits per heavy atom. The highest BCUT2D eigenvalue weighted by Crippen LogP contribution is 2.39. The van der Waals surface area contributed by atoms with Gasteiger partial charge in [-0.25, -0.2) is 19.3 Å². The number of nitriles is 1. The molecule has 0 radical (unpaired) electrons. The average molecular weight is 514 g/mol. The van der Waals surface area contributed by atoms with E-state index in [4.69, 9.17) is 9.72 Å². The van der Waals surface area contributed by atoms with Crippen LogP contribution in [0.5, 0.6) is 5.75 Å². The van der Waals surface area contributed by atoms with Gasteiger partial charge in [0.1, 0.15) is 35.0 Å². The van der Waals surface area contributed by atoms with E-state index in [1.807, 2.05) is 60.8 Å². The number of methoxy groups -OCH3 is 1. The molecule has 1 aromatic carbocycles. The first-order chi connectivity index (χ1) is 18.3. The summed E-state index contributed by atoms with van der Waals surface area (Å²) in [5.74, 6) is 0.627. The fraction of sp³-hybridized carbons (Fsp3) is 0.321. The fourth-order valence-corrected chi connectivity index (χ4v) is 4.51. The van der Waals surface area contributed by atoms with Crippen molar-refractivity contribution in [3.8, 4) is 11.8 Å². The molecule has 194 valence electrons. The van der Waals surface area contributed by atoms with Crippen LogP contribution in [-0.2, 0) is 24.8 Å². The molecule has 0 aliphatic heterocycles. The van der Waals surface area contributed by atoms with E-state index in [1.165, 1.54) is 4.90 Å². The lowest BCUT2D eigenvalue weighted by molar-refractivity contribution is -0.120. The number of benzene rings is 1. The number of pyridine rings is 2. The number of nitrogens with zero attached hydrogens (tertiary/aromatic N) is 7. The van der Waals surface area contributed by atoms with Crippen LogP contribution < -0.4 is 14.5 Å². The number of carbonyl (C=O) groups excluding carboxylic acids is 1. The van der Waals surface area contributed by atoms with Crippen LogP contribution in [-0.4, -0.2) is 45.8 Å². The molecule has 0 N–H and O–H groups in total. The Morgan fingerprint density at radius 1 is 1.26 bits per heavy atom. The second kappa shape index (κ2) is 10.1. The average Bonchev–Trinajstić information content (AvgIpc) is 3.57. The minimum absolute atomic E-state index is 0.205. The van der Waals surface area contributed by atoms with Crippen LogP contribution in [0.2, 0.25) is 0 Å². The molecule has 0 saturated heterocycles. The molecule has 9 nitrogen and oxygen atoms in total. The molecule has 1 fully saturated rings. The molecule has 5 rings (SSSR count). The molecule has 0 bridgehead atoms. The monoisotopic (exact) mass is 513 g/mol. The number of fused-ring (bicyclic) bond motifs is 1. The van der Waals surface area contributed by atoms with E-state index in [0.29, 0.717) is 35.0 Å². The SMILES string of the molecule is CCc1cc(C#N)ncc1N(C)c1cc2c(ncn2C)c(N(Cc2ccc(OC)cc2)C(=O)[C@H]2C[C@H]2F)n1. The predicted molar refractivity (Wildman–Crippen MR) is 142 cm³/mol. The first-order valence-corrected chi connectivity index (χ1v) is 12.4. The van der Waals surface area contributed by atoms with Crippen LogP contribution in [0.25, 0.3) is 11.0 Å². The molecule has 3 aromatic heterocycles. The largest absolute Gasteiger partial charge is 0.497 e. The number of alkyl halides is 1. The van der Waals surface area contributed by atoms with Gasteiger partial charge >= 0.3 is 0 Å². The topological polar surface area (TPSA) is 100 Å². The summed E-state index contributed by atoms with van der Waals surface area (Å²) in [5, 5.41) is 9.28. The normalized spacial score (nSPS) is 16.2. The van der Waals surface area contributed by atoms with Gasteiger partial charge in [-0.05, 0) is 42.2 Å². The molecule has 1 aliphatic carbocycles. The van der Waals surface area contributed by atoms with Gasteiger partial charge in [-0.2, -0.15) is 5.26 Å². The molecule has 4 aromatic rings. The molecule has 2 atom stereocenters. The van der Waals surface area contributed by atoms with Crippen LogP contribution in [0.3, 0.4) is 0 Å². The van der Waals surface area contributed by atoms with Crippen molar-refractivity contribution in [2.45, 2.75) is 32.5 Å². The van der Waals surface area contributed by atoms with E-state index in [9.17, 15) is 14.4 Å². The van der Waals surface area contributed by atoms with Gasteiger partial charge in [0, 0.05) is 20.2 Å². The summed E-state index contributed by atoms with van der Waals surface area (Å²) in [6, 6.07) is 13.1. The second-order valence-corrected chi connectivity index (χ2v) is 9.38. The summed E-state index contributed by atoms with van der Waals surface area (Å²) in [6.45, 7) is 2.21. The first-order valence-electron chi connectivity index (χ1n) is 12.4. The Bertz CT molecular complexity index is 1540. The van der Waals surface area contributed by atoms with Crippen molar-refractivity contribution in [2.24, 2.45) is 13.0 Å². The summed E-state index contributed by atoms with van der Waals surface area (Å²) in [7, 11) is 5.33. The zero-order valence-electron chi connectivity index (χ0n) is 21.7. The van der Waals surface area contributed by atoms with Gasteiger partial charge in [-0.3, -0.25) is 9.69 Å². The maximum atomic E-state index is 14.1. The fourth-order valence-electron chi connectivity index (χ4n) is 4.51. The zero-order valence-corrected chi connectivity index (χ0v) is 21.7. The quantitative estimate of drug-likeness (QED) is 0.343. The number of amides is 1. The molecule has 1 saturated carbocycles. The van der Waals surface area contributed by atoms with Crippen molar-refractivity contribution in [2.75, 3.05) is 24.0 Å². The molecule has 0 unspecified atom stereocenters. The standard InChI is InChI=1S/C28H28FN7O2/c1-5-18-10-19(13-30)31-14-24(18)35(3)25-12-23-26(32-16-34(23)2)27(33-25)36(28(37)21-11-22(21)29)15-17-6-8-20(38-4)9-7-17/h6-10,12,14,16,21-22H,5,11,15H2,1-4H3/t21-,22+/m0/s1. The highest BCUT2D eigenvalue weighted by Gasteiger charge is 2.46. The number of imidazole rings is 1. The number of ether oxygens (including phenoxy) is 1. The highest BCUT2D eigenvalue weighted by molar-refractivity contribution is 6.03. The summed E-state index contributed by atoms with van der Waals surface area (Å²) in [6.07, 6.45) is 3.08. The van der Waals surface area contributed by atoms with Gasteiger partial charge in [-0.1, -0.05) is 19.1 Å². The lowest BCUT2D eigenvalue weighted by Gasteiger charge is -2.26. The van der Waals surface area contributed by atoms with Gasteiger partial charge in [0.15, 0.2) is 5.82 Å². The van der Waals surface area contributed by atoms with E-state index in [0.717, 1.165) is 22.3 Å². The third-order valence-electron chi connectivity index (χ3n) is 6.90. The second-order valence-electron chi connectivity index (χ2n) is 9.38. The maximum absolute atomic E-state index is 14.1. The smallest absolute Gasteiger partial charge is 0.234 e. The van der Waals surface area contributed by atoms with Gasteiger partial charge < -0.3 is 14.2 Å². The van der Waals surface area contributed by atoms with Crippen molar-refractivity contribution in [1.29, 1.82) is 5.26 Å².